The average Bonchev–Trinajstić information content (AvgIpc) is 3.37. The number of furan rings is 1. The Balaban J connectivity index is 1.76. The van der Waals surface area contributed by atoms with E-state index in [1.54, 1.807) is 0 Å². The second kappa shape index (κ2) is 10.4. The summed E-state index contributed by atoms with van der Waals surface area (Å²) in [7, 11) is 0. The predicted octanol–water partition coefficient (Wildman–Crippen LogP) is 1.86. The molecule has 11 heteroatoms. The summed E-state index contributed by atoms with van der Waals surface area (Å²) < 4.78 is 4.94. The molecule has 1 aromatic heterocycles. The first-order valence-corrected chi connectivity index (χ1v) is 9.55. The zero-order valence-electron chi connectivity index (χ0n) is 17.0. The SMILES string of the molecule is N#Cc1cccc(C(=O)N[C@@H](Cc2ccc([N+](=O)[O-])cc2)C(=O)NNC(=O)c2ccco2)c1. The summed E-state index contributed by atoms with van der Waals surface area (Å²) in [5, 5.41) is 22.4. The van der Waals surface area contributed by atoms with Crippen molar-refractivity contribution in [2.24, 2.45) is 0 Å². The number of nitro benzene ring substituents is 1. The van der Waals surface area contributed by atoms with Crippen molar-refractivity contribution in [3.8, 4) is 6.07 Å². The first kappa shape index (κ1) is 22.7. The Bertz CT molecular complexity index is 1210. The van der Waals surface area contributed by atoms with Gasteiger partial charge in [0.2, 0.25) is 0 Å². The smallest absolute Gasteiger partial charge is 0.305 e. The van der Waals surface area contributed by atoms with Crippen molar-refractivity contribution in [1.82, 2.24) is 16.2 Å². The van der Waals surface area contributed by atoms with Gasteiger partial charge in [-0.2, -0.15) is 5.26 Å². The van der Waals surface area contributed by atoms with Gasteiger partial charge in [-0.15, -0.1) is 0 Å². The highest BCUT2D eigenvalue weighted by molar-refractivity contribution is 5.98. The molecule has 3 aromatic rings. The number of non-ortho nitro benzene ring substituents is 1. The van der Waals surface area contributed by atoms with Crippen LogP contribution >= 0.6 is 0 Å². The second-order valence-corrected chi connectivity index (χ2v) is 6.77. The molecule has 0 spiro atoms. The number of amides is 3. The molecule has 11 nitrogen and oxygen atoms in total. The summed E-state index contributed by atoms with van der Waals surface area (Å²) in [5.74, 6) is -2.08. The average molecular weight is 447 g/mol. The van der Waals surface area contributed by atoms with E-state index in [0.29, 0.717) is 5.56 Å². The number of benzene rings is 2. The number of nitriles is 1. The Kier molecular flexibility index (Phi) is 7.13. The Morgan fingerprint density at radius 2 is 1.79 bits per heavy atom. The Morgan fingerprint density at radius 3 is 2.42 bits per heavy atom. The first-order valence-electron chi connectivity index (χ1n) is 9.55. The number of rotatable bonds is 7. The molecular formula is C22H17N5O6. The van der Waals surface area contributed by atoms with Crippen LogP contribution in [-0.4, -0.2) is 28.7 Å². The minimum Gasteiger partial charge on any atom is -0.459 e. The van der Waals surface area contributed by atoms with Crippen molar-refractivity contribution in [3.05, 3.63) is 99.5 Å². The Labute approximate surface area is 187 Å². The zero-order valence-corrected chi connectivity index (χ0v) is 17.0. The molecule has 0 bridgehead atoms. The van der Waals surface area contributed by atoms with Gasteiger partial charge in [0, 0.05) is 24.1 Å². The topological polar surface area (TPSA) is 167 Å². The van der Waals surface area contributed by atoms with Gasteiger partial charge in [0.05, 0.1) is 22.8 Å². The van der Waals surface area contributed by atoms with E-state index in [-0.39, 0.29) is 29.0 Å². The van der Waals surface area contributed by atoms with Crippen LogP contribution < -0.4 is 16.2 Å². The van der Waals surface area contributed by atoms with E-state index in [2.05, 4.69) is 16.2 Å². The van der Waals surface area contributed by atoms with Gasteiger partial charge < -0.3 is 9.73 Å². The van der Waals surface area contributed by atoms with Crippen LogP contribution in [0.15, 0.2) is 71.3 Å². The lowest BCUT2D eigenvalue weighted by Gasteiger charge is -2.19. The summed E-state index contributed by atoms with van der Waals surface area (Å²) in [6.07, 6.45) is 1.27. The molecule has 0 aliphatic carbocycles. The van der Waals surface area contributed by atoms with Gasteiger partial charge in [-0.05, 0) is 35.9 Å². The fourth-order valence-electron chi connectivity index (χ4n) is 2.85. The molecular weight excluding hydrogens is 430 g/mol. The normalized spacial score (nSPS) is 11.0. The van der Waals surface area contributed by atoms with Gasteiger partial charge in [-0.3, -0.25) is 35.3 Å². The van der Waals surface area contributed by atoms with Crippen LogP contribution in [0.4, 0.5) is 5.69 Å². The summed E-state index contributed by atoms with van der Waals surface area (Å²) >= 11 is 0. The third-order valence-electron chi connectivity index (χ3n) is 4.51. The minimum absolute atomic E-state index is 0.0237. The van der Waals surface area contributed by atoms with E-state index >= 15 is 0 Å². The Hall–Kier alpha value is -4.98. The van der Waals surface area contributed by atoms with Crippen LogP contribution in [-0.2, 0) is 11.2 Å². The summed E-state index contributed by atoms with van der Waals surface area (Å²) in [5.41, 5.74) is 5.26. The highest BCUT2D eigenvalue weighted by Crippen LogP contribution is 2.14. The molecule has 3 rings (SSSR count). The number of hydrogen-bond acceptors (Lipinski definition) is 7. The van der Waals surface area contributed by atoms with E-state index in [1.165, 1.54) is 66.9 Å². The predicted molar refractivity (Wildman–Crippen MR) is 114 cm³/mol. The van der Waals surface area contributed by atoms with Crippen molar-refractivity contribution in [2.75, 3.05) is 0 Å². The molecule has 1 atom stereocenters. The van der Waals surface area contributed by atoms with Crippen molar-refractivity contribution in [2.45, 2.75) is 12.5 Å². The van der Waals surface area contributed by atoms with E-state index in [0.717, 1.165) is 0 Å². The number of nitrogens with zero attached hydrogens (tertiary/aromatic N) is 2. The molecule has 3 N–H and O–H groups in total. The molecule has 33 heavy (non-hydrogen) atoms. The number of hydrogen-bond donors (Lipinski definition) is 3. The standard InChI is InChI=1S/C22H17N5O6/c23-13-15-3-1-4-16(11-15)20(28)24-18(12-14-6-8-17(9-7-14)27(31)32)21(29)25-26-22(30)19-5-2-10-33-19/h1-11,18H,12H2,(H,24,28)(H,25,29)(H,26,30)/t18-/m0/s1. The molecule has 166 valence electrons. The van der Waals surface area contributed by atoms with E-state index in [1.807, 2.05) is 6.07 Å². The van der Waals surface area contributed by atoms with Gasteiger partial charge in [-0.1, -0.05) is 18.2 Å². The fourth-order valence-corrected chi connectivity index (χ4v) is 2.85. The quantitative estimate of drug-likeness (QED) is 0.367. The van der Waals surface area contributed by atoms with E-state index < -0.39 is 28.7 Å². The number of nitrogens with one attached hydrogen (secondary N) is 3. The Morgan fingerprint density at radius 1 is 1.03 bits per heavy atom. The maximum absolute atomic E-state index is 12.8. The number of hydrazine groups is 1. The van der Waals surface area contributed by atoms with E-state index in [4.69, 9.17) is 9.68 Å². The molecule has 0 fully saturated rings. The highest BCUT2D eigenvalue weighted by Gasteiger charge is 2.23. The molecule has 3 amide bonds. The summed E-state index contributed by atoms with van der Waals surface area (Å²) in [6.45, 7) is 0. The number of carbonyl (C=O) groups excluding carboxylic acids is 3. The van der Waals surface area contributed by atoms with E-state index in [9.17, 15) is 24.5 Å². The second-order valence-electron chi connectivity index (χ2n) is 6.77. The molecule has 1 heterocycles. The van der Waals surface area contributed by atoms with Gasteiger partial charge >= 0.3 is 5.91 Å². The van der Waals surface area contributed by atoms with Gasteiger partial charge in [-0.25, -0.2) is 0 Å². The van der Waals surface area contributed by atoms with Crippen LogP contribution in [0.25, 0.3) is 0 Å². The van der Waals surface area contributed by atoms with Crippen molar-refractivity contribution in [1.29, 1.82) is 5.26 Å². The molecule has 0 radical (unpaired) electrons. The highest BCUT2D eigenvalue weighted by atomic mass is 16.6. The lowest BCUT2D eigenvalue weighted by molar-refractivity contribution is -0.384. The molecule has 2 aromatic carbocycles. The molecule has 0 unspecified atom stereocenters. The van der Waals surface area contributed by atoms with Gasteiger partial charge in [0.1, 0.15) is 6.04 Å². The first-order chi connectivity index (χ1) is 15.9. The van der Waals surface area contributed by atoms with Crippen LogP contribution in [0, 0.1) is 21.4 Å². The maximum Gasteiger partial charge on any atom is 0.305 e. The molecule has 0 aliphatic rings. The lowest BCUT2D eigenvalue weighted by atomic mass is 10.0. The third kappa shape index (κ3) is 6.02. The fraction of sp³-hybridized carbons (Fsp3) is 0.0909. The van der Waals surface area contributed by atoms with Crippen molar-refractivity contribution in [3.63, 3.8) is 0 Å². The zero-order chi connectivity index (χ0) is 23.8. The molecule has 0 aliphatic heterocycles. The third-order valence-corrected chi connectivity index (χ3v) is 4.51. The number of carbonyl (C=O) groups is 3. The van der Waals surface area contributed by atoms with Crippen LogP contribution in [0.5, 0.6) is 0 Å². The summed E-state index contributed by atoms with van der Waals surface area (Å²) in [6, 6.07) is 15.1. The summed E-state index contributed by atoms with van der Waals surface area (Å²) in [4.78, 5) is 47.8. The van der Waals surface area contributed by atoms with Crippen molar-refractivity contribution < 1.29 is 23.7 Å². The molecule has 0 saturated carbocycles. The molecule has 0 saturated heterocycles. The maximum atomic E-state index is 12.8. The van der Waals surface area contributed by atoms with Crippen LogP contribution in [0.3, 0.4) is 0 Å². The number of nitro groups is 1. The van der Waals surface area contributed by atoms with Crippen molar-refractivity contribution >= 4 is 23.4 Å². The largest absolute Gasteiger partial charge is 0.459 e. The van der Waals surface area contributed by atoms with Crippen LogP contribution in [0.2, 0.25) is 0 Å². The van der Waals surface area contributed by atoms with Crippen LogP contribution in [0.1, 0.15) is 32.0 Å². The monoisotopic (exact) mass is 447 g/mol. The van der Waals surface area contributed by atoms with Gasteiger partial charge in [0.15, 0.2) is 5.76 Å². The van der Waals surface area contributed by atoms with Gasteiger partial charge in [0.25, 0.3) is 17.5 Å². The minimum atomic E-state index is -1.15. The lowest BCUT2D eigenvalue weighted by Crippen LogP contribution is -2.53.